The quantitative estimate of drug-likeness (QED) is 0.676. The third-order valence-electron chi connectivity index (χ3n) is 5.82. The summed E-state index contributed by atoms with van der Waals surface area (Å²) in [5, 5.41) is 2.78. The van der Waals surface area contributed by atoms with Crippen molar-refractivity contribution in [1.82, 2.24) is 4.90 Å². The highest BCUT2D eigenvalue weighted by atomic mass is 35.5. The molecule has 2 atom stereocenters. The van der Waals surface area contributed by atoms with Gasteiger partial charge in [-0.15, -0.1) is 0 Å². The van der Waals surface area contributed by atoms with Crippen molar-refractivity contribution in [2.75, 3.05) is 11.4 Å². The Hall–Kier alpha value is -2.85. The maximum atomic E-state index is 13.0. The first-order valence-corrected chi connectivity index (χ1v) is 9.85. The molecule has 0 aliphatic carbocycles. The number of hydrogen-bond donors (Lipinski definition) is 0. The predicted octanol–water partition coefficient (Wildman–Crippen LogP) is 4.05. The van der Waals surface area contributed by atoms with Gasteiger partial charge in [0.25, 0.3) is 0 Å². The molecule has 5 heteroatoms. The van der Waals surface area contributed by atoms with Crippen LogP contribution in [0.2, 0.25) is 5.02 Å². The van der Waals surface area contributed by atoms with E-state index in [2.05, 4.69) is 0 Å². The zero-order valence-corrected chi connectivity index (χ0v) is 16.0. The van der Waals surface area contributed by atoms with Gasteiger partial charge in [-0.2, -0.15) is 0 Å². The predicted molar refractivity (Wildman–Crippen MR) is 110 cm³/mol. The van der Waals surface area contributed by atoms with Gasteiger partial charge in [-0.1, -0.05) is 66.2 Å². The number of halogens is 1. The fourth-order valence-corrected chi connectivity index (χ4v) is 4.75. The summed E-state index contributed by atoms with van der Waals surface area (Å²) >= 11 is 6.29. The van der Waals surface area contributed by atoms with Gasteiger partial charge in [0.2, 0.25) is 11.8 Å². The number of carbonyl (C=O) groups excluding carboxylic acids is 2. The fourth-order valence-electron chi connectivity index (χ4n) is 4.52. The second kappa shape index (κ2) is 6.64. The normalized spacial score (nSPS) is 21.0. The van der Waals surface area contributed by atoms with Crippen LogP contribution in [0.1, 0.15) is 12.0 Å². The Morgan fingerprint density at radius 1 is 1.00 bits per heavy atom. The summed E-state index contributed by atoms with van der Waals surface area (Å²) in [5.41, 5.74) is 1.74. The first-order valence-electron chi connectivity index (χ1n) is 9.47. The maximum absolute atomic E-state index is 13.0. The van der Waals surface area contributed by atoms with E-state index >= 15 is 0 Å². The minimum absolute atomic E-state index is 0.00568. The van der Waals surface area contributed by atoms with Crippen LogP contribution in [0.15, 0.2) is 66.7 Å². The van der Waals surface area contributed by atoms with Crippen molar-refractivity contribution in [2.24, 2.45) is 0 Å². The fraction of sp³-hybridized carbons (Fsp3) is 0.217. The average molecular weight is 391 g/mol. The van der Waals surface area contributed by atoms with E-state index in [1.807, 2.05) is 60.7 Å². The van der Waals surface area contributed by atoms with Gasteiger partial charge in [-0.3, -0.25) is 9.59 Å². The molecule has 0 unspecified atom stereocenters. The molecule has 0 radical (unpaired) electrons. The highest BCUT2D eigenvalue weighted by molar-refractivity contribution is 6.34. The van der Waals surface area contributed by atoms with E-state index < -0.39 is 0 Å². The molecule has 2 saturated heterocycles. The Balaban J connectivity index is 1.37. The lowest BCUT2D eigenvalue weighted by molar-refractivity contribution is -0.137. The van der Waals surface area contributed by atoms with Crippen molar-refractivity contribution in [2.45, 2.75) is 24.9 Å². The zero-order valence-electron chi connectivity index (χ0n) is 15.2. The van der Waals surface area contributed by atoms with Crippen LogP contribution in [-0.4, -0.2) is 35.3 Å². The smallest absolute Gasteiger partial charge is 0.250 e. The number of rotatable bonds is 3. The van der Waals surface area contributed by atoms with Crippen LogP contribution in [0.4, 0.5) is 5.69 Å². The lowest BCUT2D eigenvalue weighted by Crippen LogP contribution is -2.53. The standard InChI is InChI=1S/C23H19ClN2O2/c24-19-10-3-4-11-20(19)26-17-13-21(23(26)28)25(14-17)22(27)12-16-8-5-7-15-6-1-2-9-18(15)16/h1-11,17,21H,12-14H2/t17-,21-/m0/s1. The Morgan fingerprint density at radius 3 is 2.57 bits per heavy atom. The summed E-state index contributed by atoms with van der Waals surface area (Å²) < 4.78 is 0. The Morgan fingerprint density at radius 2 is 1.75 bits per heavy atom. The number of amides is 2. The molecule has 2 amide bonds. The number of carbonyl (C=O) groups is 2. The maximum Gasteiger partial charge on any atom is 0.250 e. The summed E-state index contributed by atoms with van der Waals surface area (Å²) in [6, 6.07) is 21.1. The zero-order chi connectivity index (χ0) is 19.3. The number of nitrogens with zero attached hydrogens (tertiary/aromatic N) is 2. The van der Waals surface area contributed by atoms with E-state index in [1.165, 1.54) is 0 Å². The molecule has 5 rings (SSSR count). The summed E-state index contributed by atoms with van der Waals surface area (Å²) in [6.45, 7) is 0.561. The van der Waals surface area contributed by atoms with E-state index in [0.29, 0.717) is 24.4 Å². The molecule has 2 bridgehead atoms. The molecule has 0 aromatic heterocycles. The van der Waals surface area contributed by atoms with Crippen molar-refractivity contribution in [3.8, 4) is 0 Å². The Kier molecular flexibility index (Phi) is 4.09. The van der Waals surface area contributed by atoms with Crippen LogP contribution in [0.25, 0.3) is 10.8 Å². The summed E-state index contributed by atoms with van der Waals surface area (Å²) in [6.07, 6.45) is 0.981. The molecule has 0 spiro atoms. The minimum atomic E-state index is -0.385. The van der Waals surface area contributed by atoms with Crippen molar-refractivity contribution < 1.29 is 9.59 Å². The van der Waals surface area contributed by atoms with Crippen LogP contribution in [-0.2, 0) is 16.0 Å². The van der Waals surface area contributed by atoms with Gasteiger partial charge in [0.15, 0.2) is 0 Å². The molecule has 3 aromatic rings. The number of hydrogen-bond acceptors (Lipinski definition) is 2. The Labute approximate surface area is 168 Å². The minimum Gasteiger partial charge on any atom is -0.328 e. The highest BCUT2D eigenvalue weighted by Crippen LogP contribution is 2.39. The average Bonchev–Trinajstić information content (AvgIpc) is 3.27. The number of piperazine rings is 1. The van der Waals surface area contributed by atoms with Crippen molar-refractivity contribution in [1.29, 1.82) is 0 Å². The molecule has 28 heavy (non-hydrogen) atoms. The number of likely N-dealkylation sites (tertiary alicyclic amines) is 1. The second-order valence-electron chi connectivity index (χ2n) is 7.43. The first-order chi connectivity index (χ1) is 13.6. The van der Waals surface area contributed by atoms with E-state index in [-0.39, 0.29) is 23.9 Å². The van der Waals surface area contributed by atoms with Crippen molar-refractivity contribution in [3.63, 3.8) is 0 Å². The van der Waals surface area contributed by atoms with Crippen molar-refractivity contribution in [3.05, 3.63) is 77.3 Å². The largest absolute Gasteiger partial charge is 0.328 e. The highest BCUT2D eigenvalue weighted by Gasteiger charge is 2.51. The number of benzene rings is 3. The molecule has 2 aliphatic heterocycles. The third-order valence-corrected chi connectivity index (χ3v) is 6.14. The summed E-state index contributed by atoms with van der Waals surface area (Å²) in [4.78, 5) is 29.5. The van der Waals surface area contributed by atoms with Crippen molar-refractivity contribution >= 4 is 39.9 Å². The molecule has 140 valence electrons. The first kappa shape index (κ1) is 17.3. The van der Waals surface area contributed by atoms with Gasteiger partial charge < -0.3 is 9.80 Å². The van der Waals surface area contributed by atoms with Crippen LogP contribution in [0.3, 0.4) is 0 Å². The van der Waals surface area contributed by atoms with Crippen LogP contribution in [0, 0.1) is 0 Å². The lowest BCUT2D eigenvalue weighted by Gasteiger charge is -2.34. The van der Waals surface area contributed by atoms with Gasteiger partial charge in [-0.25, -0.2) is 0 Å². The van der Waals surface area contributed by atoms with E-state index in [0.717, 1.165) is 22.0 Å². The van der Waals surface area contributed by atoms with Gasteiger partial charge in [0.05, 0.1) is 23.2 Å². The molecule has 2 heterocycles. The SMILES string of the molecule is O=C(Cc1cccc2ccccc12)N1C[C@@H]2C[C@H]1C(=O)N2c1ccccc1Cl. The van der Waals surface area contributed by atoms with Gasteiger partial charge >= 0.3 is 0 Å². The van der Waals surface area contributed by atoms with Crippen LogP contribution < -0.4 is 4.90 Å². The monoisotopic (exact) mass is 390 g/mol. The lowest BCUT2D eigenvalue weighted by atomic mass is 10.0. The van der Waals surface area contributed by atoms with Crippen LogP contribution >= 0.6 is 11.6 Å². The third kappa shape index (κ3) is 2.68. The number of para-hydroxylation sites is 1. The molecule has 3 aromatic carbocycles. The number of anilines is 1. The number of fused-ring (bicyclic) bond motifs is 3. The van der Waals surface area contributed by atoms with Gasteiger partial charge in [0.1, 0.15) is 6.04 Å². The molecule has 0 saturated carbocycles. The van der Waals surface area contributed by atoms with E-state index in [9.17, 15) is 9.59 Å². The molecular weight excluding hydrogens is 372 g/mol. The summed E-state index contributed by atoms with van der Waals surface area (Å²) in [5.74, 6) is -0.0216. The Bertz CT molecular complexity index is 1090. The van der Waals surface area contributed by atoms with Gasteiger partial charge in [-0.05, 0) is 34.9 Å². The molecular formula is C23H19ClN2O2. The van der Waals surface area contributed by atoms with E-state index in [1.54, 1.807) is 15.9 Å². The topological polar surface area (TPSA) is 40.6 Å². The molecule has 2 aliphatic rings. The molecule has 2 fully saturated rings. The van der Waals surface area contributed by atoms with Gasteiger partial charge in [0, 0.05) is 6.54 Å². The van der Waals surface area contributed by atoms with Crippen LogP contribution in [0.5, 0.6) is 0 Å². The summed E-state index contributed by atoms with van der Waals surface area (Å²) in [7, 11) is 0. The van der Waals surface area contributed by atoms with E-state index in [4.69, 9.17) is 11.6 Å². The molecule has 4 nitrogen and oxygen atoms in total. The molecule has 0 N–H and O–H groups in total. The second-order valence-corrected chi connectivity index (χ2v) is 7.83.